The fourth-order valence-electron chi connectivity index (χ4n) is 1.97. The van der Waals surface area contributed by atoms with Crippen LogP contribution in [0.4, 0.5) is 13.6 Å². The van der Waals surface area contributed by atoms with Crippen molar-refractivity contribution in [2.45, 2.75) is 30.1 Å². The van der Waals surface area contributed by atoms with Gasteiger partial charge in [-0.2, -0.15) is 0 Å². The molecular formula is C11H11F2IN2O4. The minimum absolute atomic E-state index is 0.377. The van der Waals surface area contributed by atoms with Gasteiger partial charge in [-0.25, -0.2) is 13.6 Å². The van der Waals surface area contributed by atoms with E-state index >= 15 is 0 Å². The van der Waals surface area contributed by atoms with Crippen molar-refractivity contribution in [2.24, 2.45) is 0 Å². The molecule has 2 aliphatic rings. The lowest BCUT2D eigenvalue weighted by atomic mass is 9.96. The van der Waals surface area contributed by atoms with E-state index in [0.29, 0.717) is 4.90 Å². The molecule has 6 nitrogen and oxygen atoms in total. The van der Waals surface area contributed by atoms with Crippen LogP contribution in [0, 0.1) is 12.3 Å². The molecule has 2 heterocycles. The SMILES string of the molecule is C#C[C@]1(F)[C@H](N2C=CC(O)NC2=O)O[C@](F)(CI)[C@H]1O. The van der Waals surface area contributed by atoms with Gasteiger partial charge in [0.1, 0.15) is 6.23 Å². The normalized spacial score (nSPS) is 44.3. The molecule has 5 atom stereocenters. The van der Waals surface area contributed by atoms with Gasteiger partial charge < -0.3 is 20.3 Å². The highest BCUT2D eigenvalue weighted by Gasteiger charge is 2.67. The standard InChI is InChI=1S/C11H11F2IN2O4/c1-2-10(12)7(18)11(13,5-14)20-8(10)16-4-3-6(17)15-9(16)19/h1,3-4,6-8,17-18H,5H2,(H,15,19)/t6?,7-,8+,10+,11+/m0/s1. The Morgan fingerprint density at radius 3 is 2.75 bits per heavy atom. The summed E-state index contributed by atoms with van der Waals surface area (Å²) in [5, 5.41) is 21.0. The molecule has 0 radical (unpaired) electrons. The van der Waals surface area contributed by atoms with Gasteiger partial charge in [-0.1, -0.05) is 28.5 Å². The summed E-state index contributed by atoms with van der Waals surface area (Å²) in [5.74, 6) is -1.06. The van der Waals surface area contributed by atoms with Gasteiger partial charge in [-0.3, -0.25) is 4.90 Å². The number of nitrogens with one attached hydrogen (secondary N) is 1. The molecule has 0 aromatic heterocycles. The molecule has 0 saturated carbocycles. The summed E-state index contributed by atoms with van der Waals surface area (Å²) in [6, 6.07) is -0.924. The Morgan fingerprint density at radius 2 is 2.25 bits per heavy atom. The monoisotopic (exact) mass is 400 g/mol. The predicted octanol–water partition coefficient (Wildman–Crippen LogP) is 0.00320. The van der Waals surface area contributed by atoms with E-state index in [0.717, 1.165) is 12.3 Å². The summed E-state index contributed by atoms with van der Waals surface area (Å²) in [5.41, 5.74) is -2.91. The van der Waals surface area contributed by atoms with Crippen molar-refractivity contribution in [1.82, 2.24) is 10.2 Å². The van der Waals surface area contributed by atoms with E-state index in [1.165, 1.54) is 0 Å². The van der Waals surface area contributed by atoms with E-state index in [2.05, 4.69) is 5.32 Å². The predicted molar refractivity (Wildman–Crippen MR) is 71.8 cm³/mol. The Balaban J connectivity index is 2.39. The van der Waals surface area contributed by atoms with E-state index in [9.17, 15) is 23.8 Å². The summed E-state index contributed by atoms with van der Waals surface area (Å²) < 4.78 is 33.4. The minimum Gasteiger partial charge on any atom is -0.383 e. The van der Waals surface area contributed by atoms with Gasteiger partial charge in [0.25, 0.3) is 5.85 Å². The Morgan fingerprint density at radius 1 is 1.60 bits per heavy atom. The molecule has 3 N–H and O–H groups in total. The van der Waals surface area contributed by atoms with Crippen molar-refractivity contribution in [3.8, 4) is 12.3 Å². The number of amides is 2. The van der Waals surface area contributed by atoms with Crippen molar-refractivity contribution in [3.63, 3.8) is 0 Å². The number of carbonyl (C=O) groups is 1. The van der Waals surface area contributed by atoms with Gasteiger partial charge in [-0.15, -0.1) is 6.42 Å². The molecule has 0 aromatic carbocycles. The lowest BCUT2D eigenvalue weighted by molar-refractivity contribution is -0.171. The summed E-state index contributed by atoms with van der Waals surface area (Å²) in [6.07, 6.45) is 1.85. The summed E-state index contributed by atoms with van der Waals surface area (Å²) >= 11 is 1.57. The number of aliphatic hydroxyl groups is 2. The molecule has 0 spiro atoms. The smallest absolute Gasteiger partial charge is 0.325 e. The molecular weight excluding hydrogens is 389 g/mol. The number of rotatable bonds is 2. The first-order valence-corrected chi connectivity index (χ1v) is 7.03. The van der Waals surface area contributed by atoms with Crippen LogP contribution < -0.4 is 5.32 Å². The van der Waals surface area contributed by atoms with Gasteiger partial charge >= 0.3 is 6.03 Å². The second-order valence-corrected chi connectivity index (χ2v) is 5.11. The largest absolute Gasteiger partial charge is 0.383 e. The highest BCUT2D eigenvalue weighted by molar-refractivity contribution is 14.1. The average molecular weight is 400 g/mol. The molecule has 1 saturated heterocycles. The molecule has 20 heavy (non-hydrogen) atoms. The fourth-order valence-corrected chi connectivity index (χ4v) is 2.57. The van der Waals surface area contributed by atoms with Crippen LogP contribution in [0.3, 0.4) is 0 Å². The highest BCUT2D eigenvalue weighted by Crippen LogP contribution is 2.44. The third-order valence-electron chi connectivity index (χ3n) is 3.06. The third-order valence-corrected chi connectivity index (χ3v) is 4.10. The van der Waals surface area contributed by atoms with Crippen LogP contribution in [-0.2, 0) is 4.74 Å². The van der Waals surface area contributed by atoms with Gasteiger partial charge in [0.05, 0.1) is 4.43 Å². The summed E-state index contributed by atoms with van der Waals surface area (Å²) in [4.78, 5) is 12.3. The van der Waals surface area contributed by atoms with E-state index in [4.69, 9.17) is 11.2 Å². The topological polar surface area (TPSA) is 82.0 Å². The molecule has 2 amide bonds. The molecule has 1 unspecified atom stereocenters. The zero-order valence-corrected chi connectivity index (χ0v) is 12.1. The van der Waals surface area contributed by atoms with E-state index in [-0.39, 0.29) is 4.43 Å². The number of nitrogens with zero attached hydrogens (tertiary/aromatic N) is 1. The first kappa shape index (κ1) is 15.4. The Hall–Kier alpha value is -0.960. The van der Waals surface area contributed by atoms with Gasteiger partial charge in [0.2, 0.25) is 5.67 Å². The fraction of sp³-hybridized carbons (Fsp3) is 0.545. The first-order chi connectivity index (χ1) is 9.28. The molecule has 0 aliphatic carbocycles. The number of aliphatic hydroxyl groups excluding tert-OH is 2. The van der Waals surface area contributed by atoms with E-state index in [1.54, 1.807) is 28.5 Å². The summed E-state index contributed by atoms with van der Waals surface area (Å²) in [7, 11) is 0. The quantitative estimate of drug-likeness (QED) is 0.347. The van der Waals surface area contributed by atoms with Crippen LogP contribution in [0.5, 0.6) is 0 Å². The van der Waals surface area contributed by atoms with Crippen molar-refractivity contribution in [2.75, 3.05) is 4.43 Å². The number of carbonyl (C=O) groups excluding carboxylic acids is 1. The van der Waals surface area contributed by atoms with Crippen LogP contribution in [0.2, 0.25) is 0 Å². The zero-order chi connectivity index (χ0) is 15.1. The number of terminal acetylenes is 1. The molecule has 110 valence electrons. The molecule has 2 aliphatic heterocycles. The van der Waals surface area contributed by atoms with Crippen molar-refractivity contribution >= 4 is 28.6 Å². The molecule has 0 bridgehead atoms. The Kier molecular flexibility index (Phi) is 3.94. The lowest BCUT2D eigenvalue weighted by Crippen LogP contribution is -2.56. The average Bonchev–Trinajstić information content (AvgIpc) is 2.62. The second-order valence-electron chi connectivity index (χ2n) is 4.35. The number of hydrogen-bond donors (Lipinski definition) is 3. The third kappa shape index (κ3) is 2.16. The maximum atomic E-state index is 14.7. The lowest BCUT2D eigenvalue weighted by Gasteiger charge is -2.33. The van der Waals surface area contributed by atoms with Gasteiger partial charge in [-0.05, 0) is 6.08 Å². The van der Waals surface area contributed by atoms with Crippen LogP contribution >= 0.6 is 22.6 Å². The Labute approximate surface area is 126 Å². The summed E-state index contributed by atoms with van der Waals surface area (Å²) in [6.45, 7) is 0. The number of hydrogen-bond acceptors (Lipinski definition) is 4. The molecule has 1 fully saturated rings. The highest BCUT2D eigenvalue weighted by atomic mass is 127. The van der Waals surface area contributed by atoms with Gasteiger partial charge in [0, 0.05) is 6.20 Å². The number of alkyl halides is 3. The maximum absolute atomic E-state index is 14.7. The van der Waals surface area contributed by atoms with Crippen LogP contribution in [-0.4, -0.2) is 55.7 Å². The molecule has 2 rings (SSSR count). The van der Waals surface area contributed by atoms with Crippen molar-refractivity contribution in [1.29, 1.82) is 0 Å². The van der Waals surface area contributed by atoms with Crippen LogP contribution in [0.25, 0.3) is 0 Å². The van der Waals surface area contributed by atoms with Crippen molar-refractivity contribution < 1.29 is 28.5 Å². The zero-order valence-electron chi connectivity index (χ0n) is 9.96. The minimum atomic E-state index is -2.91. The number of urea groups is 1. The van der Waals surface area contributed by atoms with E-state index < -0.39 is 36.1 Å². The maximum Gasteiger partial charge on any atom is 0.325 e. The second kappa shape index (κ2) is 5.10. The number of ether oxygens (including phenoxy) is 1. The number of halogens is 3. The van der Waals surface area contributed by atoms with Crippen LogP contribution in [0.15, 0.2) is 12.3 Å². The molecule has 0 aromatic rings. The van der Waals surface area contributed by atoms with Gasteiger partial charge in [0.15, 0.2) is 12.3 Å². The van der Waals surface area contributed by atoms with Crippen molar-refractivity contribution in [3.05, 3.63) is 12.3 Å². The molecule has 9 heteroatoms. The van der Waals surface area contributed by atoms with E-state index in [1.807, 2.05) is 0 Å². The first-order valence-electron chi connectivity index (χ1n) is 5.51. The Bertz CT molecular complexity index is 499. The van der Waals surface area contributed by atoms with Crippen LogP contribution in [0.1, 0.15) is 0 Å².